The molecule has 2 fully saturated rings. The van der Waals surface area contributed by atoms with Gasteiger partial charge in [-0.15, -0.1) is 0 Å². The second-order valence-corrected chi connectivity index (χ2v) is 12.1. The topological polar surface area (TPSA) is 75.1 Å². The summed E-state index contributed by atoms with van der Waals surface area (Å²) in [4.78, 5) is 20.8. The van der Waals surface area contributed by atoms with Gasteiger partial charge < -0.3 is 24.4 Å². The highest BCUT2D eigenvalue weighted by Crippen LogP contribution is 2.32. The van der Waals surface area contributed by atoms with Crippen LogP contribution in [0.5, 0.6) is 11.5 Å². The Morgan fingerprint density at radius 3 is 2.36 bits per heavy atom. The number of ether oxygens (including phenoxy) is 2. The van der Waals surface area contributed by atoms with Crippen LogP contribution in [0.1, 0.15) is 62.6 Å². The number of likely N-dealkylation sites (tertiary alicyclic amines) is 2. The number of aryl methyl sites for hydroxylation is 1. The molecule has 2 aromatic carbocycles. The average molecular weight is 594 g/mol. The van der Waals surface area contributed by atoms with Crippen molar-refractivity contribution in [3.63, 3.8) is 0 Å². The Morgan fingerprint density at radius 1 is 0.881 bits per heavy atom. The third kappa shape index (κ3) is 9.06. The fourth-order valence-electron chi connectivity index (χ4n) is 5.97. The molecule has 3 aromatic rings. The van der Waals surface area contributed by atoms with Gasteiger partial charge in [0.1, 0.15) is 23.1 Å². The van der Waals surface area contributed by atoms with Crippen molar-refractivity contribution in [1.29, 1.82) is 0 Å². The summed E-state index contributed by atoms with van der Waals surface area (Å²) in [5.41, 5.74) is 2.77. The number of carbonyl (C=O) groups is 1. The molecule has 1 aromatic heterocycles. The van der Waals surface area contributed by atoms with Crippen molar-refractivity contribution in [3.8, 4) is 11.5 Å². The maximum absolute atomic E-state index is 11.0. The quantitative estimate of drug-likeness (QED) is 0.223. The van der Waals surface area contributed by atoms with Crippen LogP contribution in [-0.4, -0.2) is 77.8 Å². The molecule has 2 aliphatic heterocycles. The van der Waals surface area contributed by atoms with Crippen molar-refractivity contribution in [2.75, 3.05) is 45.9 Å². The monoisotopic (exact) mass is 593 g/mol. The number of aliphatic carboxylic acids is 1. The molecule has 0 aliphatic carbocycles. The van der Waals surface area contributed by atoms with Gasteiger partial charge in [0.2, 0.25) is 0 Å². The van der Waals surface area contributed by atoms with Gasteiger partial charge in [-0.25, -0.2) is 4.98 Å². The number of pyridine rings is 1. The van der Waals surface area contributed by atoms with Gasteiger partial charge >= 0.3 is 5.97 Å². The van der Waals surface area contributed by atoms with Gasteiger partial charge in [-0.05, 0) is 93.6 Å². The maximum atomic E-state index is 11.0. The molecule has 0 bridgehead atoms. The molecule has 0 amide bonds. The molecule has 2 saturated heterocycles. The summed E-state index contributed by atoms with van der Waals surface area (Å²) in [6.07, 6.45) is 9.99. The van der Waals surface area contributed by atoms with E-state index in [1.165, 1.54) is 44.3 Å². The molecule has 42 heavy (non-hydrogen) atoms. The summed E-state index contributed by atoms with van der Waals surface area (Å²) in [7, 11) is 0. The SMILES string of the molecule is O=C(O)CCc1ccc2c(Cl)ccc(OC3CCN(CCc4ccc(OCCCN5CCCCCC5)cc4)CC3)c2n1. The molecular formula is C34H44ClN3O4. The van der Waals surface area contributed by atoms with E-state index >= 15 is 0 Å². The molecule has 0 atom stereocenters. The standard InChI is InChI=1S/C34H44ClN3O4/c35-31-13-14-32(34-30(31)12-8-27(36-34)9-15-33(39)40)42-29-17-23-38(24-18-29)22-16-26-6-10-28(11-7-26)41-25-5-21-37-19-3-1-2-4-20-37/h6-8,10-14,29H,1-5,9,15-25H2,(H,39,40). The Labute approximate surface area is 254 Å². The number of nitrogens with zero attached hydrogens (tertiary/aromatic N) is 3. The summed E-state index contributed by atoms with van der Waals surface area (Å²) in [6, 6.07) is 16.1. The summed E-state index contributed by atoms with van der Waals surface area (Å²) in [6.45, 7) is 7.42. The van der Waals surface area contributed by atoms with E-state index in [2.05, 4.69) is 34.1 Å². The number of carboxylic acid groups (broad SMARTS) is 1. The third-order valence-electron chi connectivity index (χ3n) is 8.47. The number of rotatable bonds is 13. The lowest BCUT2D eigenvalue weighted by molar-refractivity contribution is -0.136. The number of fused-ring (bicyclic) bond motifs is 1. The predicted molar refractivity (Wildman–Crippen MR) is 168 cm³/mol. The van der Waals surface area contributed by atoms with Crippen LogP contribution in [0.15, 0.2) is 48.5 Å². The Morgan fingerprint density at radius 2 is 1.62 bits per heavy atom. The maximum Gasteiger partial charge on any atom is 0.303 e. The van der Waals surface area contributed by atoms with Gasteiger partial charge in [-0.1, -0.05) is 36.6 Å². The molecule has 0 unspecified atom stereocenters. The summed E-state index contributed by atoms with van der Waals surface area (Å²) >= 11 is 6.42. The molecule has 0 saturated carbocycles. The highest BCUT2D eigenvalue weighted by molar-refractivity contribution is 6.35. The zero-order valence-electron chi connectivity index (χ0n) is 24.6. The number of carboxylic acids is 1. The van der Waals surface area contributed by atoms with Crippen molar-refractivity contribution in [1.82, 2.24) is 14.8 Å². The van der Waals surface area contributed by atoms with E-state index in [0.29, 0.717) is 22.7 Å². The van der Waals surface area contributed by atoms with Gasteiger partial charge in [0.25, 0.3) is 0 Å². The highest BCUT2D eigenvalue weighted by atomic mass is 35.5. The highest BCUT2D eigenvalue weighted by Gasteiger charge is 2.22. The van der Waals surface area contributed by atoms with Crippen LogP contribution in [0.2, 0.25) is 5.02 Å². The zero-order chi connectivity index (χ0) is 29.1. The molecule has 0 radical (unpaired) electrons. The van der Waals surface area contributed by atoms with Crippen LogP contribution >= 0.6 is 11.6 Å². The summed E-state index contributed by atoms with van der Waals surface area (Å²) in [5.74, 6) is 0.849. The van der Waals surface area contributed by atoms with Gasteiger partial charge in [0.05, 0.1) is 18.1 Å². The Hall–Kier alpha value is -2.87. The van der Waals surface area contributed by atoms with Crippen LogP contribution in [-0.2, 0) is 17.6 Å². The zero-order valence-corrected chi connectivity index (χ0v) is 25.4. The van der Waals surface area contributed by atoms with Gasteiger partial charge in [0, 0.05) is 43.7 Å². The van der Waals surface area contributed by atoms with Gasteiger partial charge in [-0.2, -0.15) is 0 Å². The molecular weight excluding hydrogens is 550 g/mol. The lowest BCUT2D eigenvalue weighted by Crippen LogP contribution is -2.39. The molecule has 8 heteroatoms. The van der Waals surface area contributed by atoms with E-state index in [9.17, 15) is 4.79 Å². The fourth-order valence-corrected chi connectivity index (χ4v) is 6.19. The number of piperidine rings is 1. The number of hydrogen-bond donors (Lipinski definition) is 1. The number of hydrogen-bond acceptors (Lipinski definition) is 6. The molecule has 0 spiro atoms. The first-order valence-corrected chi connectivity index (χ1v) is 16.0. The van der Waals surface area contributed by atoms with Crippen LogP contribution in [0.25, 0.3) is 10.9 Å². The lowest BCUT2D eigenvalue weighted by Gasteiger charge is -2.32. The Kier molecular flexibility index (Phi) is 11.3. The van der Waals surface area contributed by atoms with Crippen molar-refractivity contribution < 1.29 is 19.4 Å². The van der Waals surface area contributed by atoms with Gasteiger partial charge in [-0.3, -0.25) is 4.79 Å². The second-order valence-electron chi connectivity index (χ2n) is 11.6. The minimum atomic E-state index is -0.832. The van der Waals surface area contributed by atoms with E-state index in [-0.39, 0.29) is 12.5 Å². The molecule has 7 nitrogen and oxygen atoms in total. The van der Waals surface area contributed by atoms with Crippen molar-refractivity contribution in [2.45, 2.75) is 70.3 Å². The van der Waals surface area contributed by atoms with E-state index in [1.807, 2.05) is 24.3 Å². The Bertz CT molecular complexity index is 1290. The Balaban J connectivity index is 1.03. The molecule has 5 rings (SSSR count). The first kappa shape index (κ1) is 30.6. The summed E-state index contributed by atoms with van der Waals surface area (Å²) in [5, 5.41) is 10.5. The minimum Gasteiger partial charge on any atom is -0.494 e. The van der Waals surface area contributed by atoms with E-state index in [0.717, 1.165) is 75.3 Å². The normalized spacial score (nSPS) is 17.3. The van der Waals surface area contributed by atoms with E-state index in [1.54, 1.807) is 0 Å². The smallest absolute Gasteiger partial charge is 0.303 e. The first-order chi connectivity index (χ1) is 20.5. The van der Waals surface area contributed by atoms with Crippen LogP contribution in [0.4, 0.5) is 0 Å². The largest absolute Gasteiger partial charge is 0.494 e. The van der Waals surface area contributed by atoms with E-state index in [4.69, 9.17) is 31.2 Å². The number of aromatic nitrogens is 1. The number of benzene rings is 2. The minimum absolute atomic E-state index is 0.0462. The van der Waals surface area contributed by atoms with Crippen LogP contribution in [0, 0.1) is 0 Å². The second kappa shape index (κ2) is 15.6. The third-order valence-corrected chi connectivity index (χ3v) is 8.80. The van der Waals surface area contributed by atoms with Crippen molar-refractivity contribution in [3.05, 3.63) is 64.8 Å². The predicted octanol–water partition coefficient (Wildman–Crippen LogP) is 6.64. The van der Waals surface area contributed by atoms with Crippen molar-refractivity contribution in [2.24, 2.45) is 0 Å². The average Bonchev–Trinajstić information content (AvgIpc) is 3.29. The van der Waals surface area contributed by atoms with Crippen LogP contribution < -0.4 is 9.47 Å². The number of halogens is 1. The molecule has 226 valence electrons. The lowest BCUT2D eigenvalue weighted by atomic mass is 10.1. The van der Waals surface area contributed by atoms with Crippen molar-refractivity contribution >= 4 is 28.5 Å². The van der Waals surface area contributed by atoms with E-state index < -0.39 is 5.97 Å². The fraction of sp³-hybridized carbons (Fsp3) is 0.529. The molecule has 3 heterocycles. The van der Waals surface area contributed by atoms with Crippen LogP contribution in [0.3, 0.4) is 0 Å². The molecule has 1 N–H and O–H groups in total. The summed E-state index contributed by atoms with van der Waals surface area (Å²) < 4.78 is 12.4. The van der Waals surface area contributed by atoms with Gasteiger partial charge in [0.15, 0.2) is 0 Å². The first-order valence-electron chi connectivity index (χ1n) is 15.7. The molecule has 2 aliphatic rings.